The van der Waals surface area contributed by atoms with Crippen LogP contribution in [-0.2, 0) is 20.9 Å². The van der Waals surface area contributed by atoms with Crippen molar-refractivity contribution >= 4 is 28.8 Å². The van der Waals surface area contributed by atoms with Crippen molar-refractivity contribution in [2.24, 2.45) is 0 Å². The number of nitrogens with zero attached hydrogens (tertiary/aromatic N) is 2. The number of hydrogen-bond donors (Lipinski definition) is 1. The van der Waals surface area contributed by atoms with E-state index < -0.39 is 17.7 Å². The molecule has 2 aromatic carbocycles. The number of aliphatic hydroxyl groups is 1. The van der Waals surface area contributed by atoms with Crippen molar-refractivity contribution in [3.05, 3.63) is 93.7 Å². The molecule has 3 heterocycles. The molecule has 2 aliphatic rings. The number of carbonyl (C=O) groups excluding carboxylic acids is 2. The first-order valence-corrected chi connectivity index (χ1v) is 12.9. The van der Waals surface area contributed by atoms with Crippen LogP contribution >= 0.6 is 11.3 Å². The van der Waals surface area contributed by atoms with Crippen molar-refractivity contribution in [2.75, 3.05) is 39.4 Å². The van der Waals surface area contributed by atoms with E-state index in [1.54, 1.807) is 29.2 Å². The number of hydrogen-bond acceptors (Lipinski definition) is 7. The second-order valence-electron chi connectivity index (χ2n) is 8.76. The van der Waals surface area contributed by atoms with Gasteiger partial charge in [-0.25, -0.2) is 0 Å². The summed E-state index contributed by atoms with van der Waals surface area (Å²) < 4.78 is 11.2. The zero-order valence-corrected chi connectivity index (χ0v) is 20.7. The van der Waals surface area contributed by atoms with Gasteiger partial charge in [0.1, 0.15) is 18.1 Å². The van der Waals surface area contributed by atoms with E-state index in [1.807, 2.05) is 47.8 Å². The Morgan fingerprint density at radius 2 is 1.72 bits per heavy atom. The van der Waals surface area contributed by atoms with Gasteiger partial charge in [-0.1, -0.05) is 36.4 Å². The first-order chi connectivity index (χ1) is 17.6. The maximum atomic E-state index is 13.2. The molecule has 0 spiro atoms. The van der Waals surface area contributed by atoms with Gasteiger partial charge in [0.15, 0.2) is 0 Å². The van der Waals surface area contributed by atoms with Gasteiger partial charge < -0.3 is 19.5 Å². The van der Waals surface area contributed by atoms with Gasteiger partial charge in [0.2, 0.25) is 0 Å². The third-order valence-corrected chi connectivity index (χ3v) is 7.41. The van der Waals surface area contributed by atoms with E-state index in [0.717, 1.165) is 23.5 Å². The average Bonchev–Trinajstić information content (AvgIpc) is 3.54. The van der Waals surface area contributed by atoms with Crippen LogP contribution in [0.1, 0.15) is 22.0 Å². The fourth-order valence-electron chi connectivity index (χ4n) is 4.53. The van der Waals surface area contributed by atoms with Gasteiger partial charge in [0, 0.05) is 36.6 Å². The predicted molar refractivity (Wildman–Crippen MR) is 138 cm³/mol. The fourth-order valence-corrected chi connectivity index (χ4v) is 5.38. The van der Waals surface area contributed by atoms with Crippen LogP contribution in [-0.4, -0.2) is 66.0 Å². The van der Waals surface area contributed by atoms with E-state index in [-0.39, 0.29) is 11.3 Å². The number of morpholine rings is 1. The molecule has 7 nitrogen and oxygen atoms in total. The lowest BCUT2D eigenvalue weighted by atomic mass is 10.00. The fraction of sp³-hybridized carbons (Fsp3) is 0.286. The van der Waals surface area contributed by atoms with E-state index in [1.165, 1.54) is 11.3 Å². The van der Waals surface area contributed by atoms with Crippen LogP contribution in [0.3, 0.4) is 0 Å². The Labute approximate surface area is 214 Å². The van der Waals surface area contributed by atoms with Crippen molar-refractivity contribution in [1.82, 2.24) is 9.80 Å². The lowest BCUT2D eigenvalue weighted by Crippen LogP contribution is -2.42. The Balaban J connectivity index is 1.38. The number of amides is 1. The molecule has 8 heteroatoms. The number of carbonyl (C=O) groups is 2. The molecule has 0 saturated carbocycles. The average molecular weight is 505 g/mol. The number of thiophene rings is 1. The van der Waals surface area contributed by atoms with Crippen molar-refractivity contribution in [2.45, 2.75) is 12.6 Å². The summed E-state index contributed by atoms with van der Waals surface area (Å²) in [5, 5.41) is 13.1. The monoisotopic (exact) mass is 504 g/mol. The van der Waals surface area contributed by atoms with Crippen molar-refractivity contribution in [3.8, 4) is 5.75 Å². The molecule has 186 valence electrons. The maximum absolute atomic E-state index is 13.2. The van der Waals surface area contributed by atoms with Crippen LogP contribution < -0.4 is 4.74 Å². The minimum atomic E-state index is -0.655. The summed E-state index contributed by atoms with van der Waals surface area (Å²) in [4.78, 5) is 30.9. The lowest BCUT2D eigenvalue weighted by Gasteiger charge is -2.30. The number of benzene rings is 2. The van der Waals surface area contributed by atoms with E-state index in [2.05, 4.69) is 4.90 Å². The molecule has 2 aliphatic heterocycles. The van der Waals surface area contributed by atoms with Gasteiger partial charge in [-0.2, -0.15) is 0 Å². The standard InChI is InChI=1S/C28H28N2O5S/c31-26(21-8-10-22(11-9-21)35-19-20-5-2-1-3-6-20)24-25(23-7-4-18-36-23)30(28(33)27(24)32)13-12-29-14-16-34-17-15-29/h1-11,18,25,31H,12-17,19H2/b26-24+/t25-/m1/s1. The summed E-state index contributed by atoms with van der Waals surface area (Å²) in [6.45, 7) is 4.40. The second-order valence-corrected chi connectivity index (χ2v) is 9.74. The van der Waals surface area contributed by atoms with Gasteiger partial charge in [0.05, 0.1) is 24.8 Å². The van der Waals surface area contributed by atoms with Crippen LogP contribution in [0.2, 0.25) is 0 Å². The zero-order chi connectivity index (χ0) is 24.9. The highest BCUT2D eigenvalue weighted by molar-refractivity contribution is 7.10. The van der Waals surface area contributed by atoms with E-state index in [9.17, 15) is 14.7 Å². The molecular weight excluding hydrogens is 476 g/mol. The number of ether oxygens (including phenoxy) is 2. The molecule has 0 aliphatic carbocycles. The summed E-state index contributed by atoms with van der Waals surface area (Å²) in [5.74, 6) is -0.755. The Kier molecular flexibility index (Phi) is 7.46. The Morgan fingerprint density at radius 3 is 2.42 bits per heavy atom. The number of ketones is 1. The van der Waals surface area contributed by atoms with Crippen molar-refractivity contribution in [1.29, 1.82) is 0 Å². The number of Topliss-reactive ketones (excluding diaryl/α,β-unsaturated/α-hetero) is 1. The SMILES string of the molecule is O=C1C(=O)N(CCN2CCOCC2)[C@H](c2cccs2)/C1=C(\O)c1ccc(OCc2ccccc2)cc1. The third kappa shape index (κ3) is 5.21. The van der Waals surface area contributed by atoms with Gasteiger partial charge in [-0.15, -0.1) is 11.3 Å². The molecule has 1 atom stereocenters. The molecule has 2 fully saturated rings. The highest BCUT2D eigenvalue weighted by Crippen LogP contribution is 2.41. The predicted octanol–water partition coefficient (Wildman–Crippen LogP) is 4.08. The van der Waals surface area contributed by atoms with Gasteiger partial charge in [0.25, 0.3) is 11.7 Å². The molecule has 1 aromatic heterocycles. The van der Waals surface area contributed by atoms with E-state index >= 15 is 0 Å². The topological polar surface area (TPSA) is 79.3 Å². The minimum Gasteiger partial charge on any atom is -0.507 e. The first kappa shape index (κ1) is 24.2. The maximum Gasteiger partial charge on any atom is 0.295 e. The molecule has 0 radical (unpaired) electrons. The lowest BCUT2D eigenvalue weighted by molar-refractivity contribution is -0.140. The van der Waals surface area contributed by atoms with Crippen LogP contribution in [0.15, 0.2) is 77.7 Å². The summed E-state index contributed by atoms with van der Waals surface area (Å²) in [5.41, 5.74) is 1.65. The minimum absolute atomic E-state index is 0.127. The summed E-state index contributed by atoms with van der Waals surface area (Å²) in [6.07, 6.45) is 0. The molecule has 5 rings (SSSR count). The summed E-state index contributed by atoms with van der Waals surface area (Å²) in [7, 11) is 0. The second kappa shape index (κ2) is 11.1. The highest BCUT2D eigenvalue weighted by Gasteiger charge is 2.46. The van der Waals surface area contributed by atoms with Crippen LogP contribution in [0.25, 0.3) is 5.76 Å². The number of likely N-dealkylation sites (tertiary alicyclic amines) is 1. The summed E-state index contributed by atoms with van der Waals surface area (Å²) in [6, 6.07) is 20.0. The third-order valence-electron chi connectivity index (χ3n) is 6.49. The van der Waals surface area contributed by atoms with E-state index in [0.29, 0.717) is 44.2 Å². The van der Waals surface area contributed by atoms with Gasteiger partial charge in [-0.05, 0) is 41.3 Å². The Bertz CT molecular complexity index is 1220. The molecule has 0 bridgehead atoms. The summed E-state index contributed by atoms with van der Waals surface area (Å²) >= 11 is 1.47. The molecule has 1 amide bonds. The Hall–Kier alpha value is -3.46. The first-order valence-electron chi connectivity index (χ1n) is 12.0. The molecule has 36 heavy (non-hydrogen) atoms. The normalized spacial score (nSPS) is 20.1. The van der Waals surface area contributed by atoms with Gasteiger partial charge in [-0.3, -0.25) is 14.5 Å². The van der Waals surface area contributed by atoms with Gasteiger partial charge >= 0.3 is 0 Å². The van der Waals surface area contributed by atoms with Crippen molar-refractivity contribution < 1.29 is 24.2 Å². The van der Waals surface area contributed by atoms with E-state index in [4.69, 9.17) is 9.47 Å². The largest absolute Gasteiger partial charge is 0.507 e. The van der Waals surface area contributed by atoms with Crippen LogP contribution in [0, 0.1) is 0 Å². The quantitative estimate of drug-likeness (QED) is 0.283. The number of aliphatic hydroxyl groups excluding tert-OH is 1. The van der Waals surface area contributed by atoms with Crippen LogP contribution in [0.5, 0.6) is 5.75 Å². The highest BCUT2D eigenvalue weighted by atomic mass is 32.1. The van der Waals surface area contributed by atoms with Crippen LogP contribution in [0.4, 0.5) is 0 Å². The molecular formula is C28H28N2O5S. The molecule has 3 aromatic rings. The van der Waals surface area contributed by atoms with Crippen molar-refractivity contribution in [3.63, 3.8) is 0 Å². The smallest absolute Gasteiger partial charge is 0.295 e. The zero-order valence-electron chi connectivity index (χ0n) is 19.8. The Morgan fingerprint density at radius 1 is 0.972 bits per heavy atom. The molecule has 0 unspecified atom stereocenters. The molecule has 2 saturated heterocycles. The molecule has 1 N–H and O–H groups in total. The number of rotatable bonds is 8.